The minimum Gasteiger partial charge on any atom is -0.484 e. The molecule has 0 unspecified atom stereocenters. The highest BCUT2D eigenvalue weighted by atomic mass is 16.5. The summed E-state index contributed by atoms with van der Waals surface area (Å²) >= 11 is 0. The molecule has 0 aliphatic heterocycles. The number of amides is 2. The summed E-state index contributed by atoms with van der Waals surface area (Å²) in [6.45, 7) is 2.64. The van der Waals surface area contributed by atoms with E-state index in [9.17, 15) is 9.59 Å². The molecule has 0 saturated heterocycles. The van der Waals surface area contributed by atoms with Gasteiger partial charge in [0.25, 0.3) is 11.8 Å². The van der Waals surface area contributed by atoms with Crippen LogP contribution in [0.2, 0.25) is 0 Å². The first-order valence-corrected chi connectivity index (χ1v) is 7.44. The van der Waals surface area contributed by atoms with Gasteiger partial charge in [-0.2, -0.15) is 0 Å². The molecule has 0 bridgehead atoms. The lowest BCUT2D eigenvalue weighted by Gasteiger charge is -2.08. The van der Waals surface area contributed by atoms with Gasteiger partial charge in [-0.3, -0.25) is 9.59 Å². The normalized spacial score (nSPS) is 9.96. The fourth-order valence-corrected chi connectivity index (χ4v) is 1.90. The zero-order valence-corrected chi connectivity index (χ0v) is 13.0. The Bertz CT molecular complexity index is 639. The van der Waals surface area contributed by atoms with E-state index in [-0.39, 0.29) is 18.4 Å². The van der Waals surface area contributed by atoms with E-state index in [0.29, 0.717) is 24.4 Å². The molecule has 0 aromatic heterocycles. The van der Waals surface area contributed by atoms with Crippen molar-refractivity contribution in [3.05, 3.63) is 65.7 Å². The van der Waals surface area contributed by atoms with Crippen LogP contribution in [0.4, 0.5) is 0 Å². The molecule has 2 N–H and O–H groups in total. The topological polar surface area (TPSA) is 67.4 Å². The number of benzene rings is 2. The van der Waals surface area contributed by atoms with Crippen LogP contribution in [0.3, 0.4) is 0 Å². The van der Waals surface area contributed by atoms with Crippen LogP contribution in [-0.2, 0) is 4.79 Å². The van der Waals surface area contributed by atoms with Crippen molar-refractivity contribution in [1.29, 1.82) is 0 Å². The predicted octanol–water partition coefficient (Wildman–Crippen LogP) is 1.92. The molecule has 2 rings (SSSR count). The monoisotopic (exact) mass is 312 g/mol. The number of rotatable bonds is 7. The van der Waals surface area contributed by atoms with Crippen molar-refractivity contribution < 1.29 is 14.3 Å². The summed E-state index contributed by atoms with van der Waals surface area (Å²) in [7, 11) is 0. The summed E-state index contributed by atoms with van der Waals surface area (Å²) < 4.78 is 5.33. The van der Waals surface area contributed by atoms with Gasteiger partial charge >= 0.3 is 0 Å². The number of carbonyl (C=O) groups is 2. The molecule has 0 saturated carbocycles. The fourth-order valence-electron chi connectivity index (χ4n) is 1.90. The molecule has 0 aliphatic rings. The Labute approximate surface area is 135 Å². The third-order valence-corrected chi connectivity index (χ3v) is 3.16. The molecule has 0 aliphatic carbocycles. The maximum atomic E-state index is 11.9. The second kappa shape index (κ2) is 8.58. The first kappa shape index (κ1) is 16.5. The molecule has 0 spiro atoms. The smallest absolute Gasteiger partial charge is 0.258 e. The average Bonchev–Trinajstić information content (AvgIpc) is 2.58. The Morgan fingerprint density at radius 1 is 0.913 bits per heavy atom. The van der Waals surface area contributed by atoms with Crippen LogP contribution in [0.15, 0.2) is 54.6 Å². The molecule has 5 nitrogen and oxygen atoms in total. The zero-order valence-electron chi connectivity index (χ0n) is 13.0. The lowest BCUT2D eigenvalue weighted by molar-refractivity contribution is -0.123. The van der Waals surface area contributed by atoms with E-state index in [2.05, 4.69) is 10.6 Å². The van der Waals surface area contributed by atoms with Gasteiger partial charge in [-0.25, -0.2) is 0 Å². The van der Waals surface area contributed by atoms with Gasteiger partial charge in [-0.05, 0) is 31.2 Å². The summed E-state index contributed by atoms with van der Waals surface area (Å²) in [4.78, 5) is 23.5. The van der Waals surface area contributed by atoms with E-state index in [1.165, 1.54) is 0 Å². The standard InChI is InChI=1S/C18H20N2O3/c1-14-7-9-15(10-8-14)18(22)20-12-11-19-17(21)13-23-16-5-3-2-4-6-16/h2-10H,11-13H2,1H3,(H,19,21)(H,20,22). The molecule has 0 heterocycles. The van der Waals surface area contributed by atoms with Crippen molar-refractivity contribution in [3.8, 4) is 5.75 Å². The summed E-state index contributed by atoms with van der Waals surface area (Å²) in [6.07, 6.45) is 0. The number of para-hydroxylation sites is 1. The number of hydrogen-bond donors (Lipinski definition) is 2. The van der Waals surface area contributed by atoms with Crippen molar-refractivity contribution in [1.82, 2.24) is 10.6 Å². The lowest BCUT2D eigenvalue weighted by Crippen LogP contribution is -2.36. The third-order valence-electron chi connectivity index (χ3n) is 3.16. The van der Waals surface area contributed by atoms with E-state index in [0.717, 1.165) is 5.56 Å². The second-order valence-corrected chi connectivity index (χ2v) is 5.07. The number of aryl methyl sites for hydroxylation is 1. The number of carbonyl (C=O) groups excluding carboxylic acids is 2. The Morgan fingerprint density at radius 2 is 1.57 bits per heavy atom. The summed E-state index contributed by atoms with van der Waals surface area (Å²) in [5.74, 6) is 0.272. The summed E-state index contributed by atoms with van der Waals surface area (Å²) in [5.41, 5.74) is 1.71. The SMILES string of the molecule is Cc1ccc(C(=O)NCCNC(=O)COc2ccccc2)cc1. The Balaban J connectivity index is 1.62. The Kier molecular flexibility index (Phi) is 6.17. The highest BCUT2D eigenvalue weighted by Crippen LogP contribution is 2.07. The first-order chi connectivity index (χ1) is 11.1. The van der Waals surface area contributed by atoms with Gasteiger partial charge in [-0.15, -0.1) is 0 Å². The molecule has 0 fully saturated rings. The molecular weight excluding hydrogens is 292 g/mol. The molecule has 5 heteroatoms. The lowest BCUT2D eigenvalue weighted by atomic mass is 10.1. The van der Waals surface area contributed by atoms with E-state index in [4.69, 9.17) is 4.74 Å². The molecule has 23 heavy (non-hydrogen) atoms. The Morgan fingerprint density at radius 3 is 2.26 bits per heavy atom. The van der Waals surface area contributed by atoms with Gasteiger partial charge < -0.3 is 15.4 Å². The molecule has 0 radical (unpaired) electrons. The van der Waals surface area contributed by atoms with Crippen LogP contribution in [0.25, 0.3) is 0 Å². The maximum Gasteiger partial charge on any atom is 0.258 e. The van der Waals surface area contributed by atoms with E-state index < -0.39 is 0 Å². The number of nitrogens with one attached hydrogen (secondary N) is 2. The van der Waals surface area contributed by atoms with Gasteiger partial charge in [0, 0.05) is 18.7 Å². The van der Waals surface area contributed by atoms with Crippen molar-refractivity contribution in [2.24, 2.45) is 0 Å². The quantitative estimate of drug-likeness (QED) is 0.768. The largest absolute Gasteiger partial charge is 0.484 e. The second-order valence-electron chi connectivity index (χ2n) is 5.07. The minimum absolute atomic E-state index is 0.0457. The summed E-state index contributed by atoms with van der Waals surface area (Å²) in [5, 5.41) is 5.44. The van der Waals surface area contributed by atoms with Crippen LogP contribution >= 0.6 is 0 Å². The molecule has 0 atom stereocenters. The minimum atomic E-state index is -0.224. The van der Waals surface area contributed by atoms with Crippen LogP contribution in [0, 0.1) is 6.92 Å². The van der Waals surface area contributed by atoms with Crippen molar-refractivity contribution >= 4 is 11.8 Å². The molecular formula is C18H20N2O3. The molecule has 2 aromatic rings. The molecule has 2 aromatic carbocycles. The van der Waals surface area contributed by atoms with Gasteiger partial charge in [0.1, 0.15) is 5.75 Å². The van der Waals surface area contributed by atoms with Crippen LogP contribution < -0.4 is 15.4 Å². The molecule has 2 amide bonds. The van der Waals surface area contributed by atoms with Gasteiger partial charge in [0.15, 0.2) is 6.61 Å². The highest BCUT2D eigenvalue weighted by molar-refractivity contribution is 5.94. The average molecular weight is 312 g/mol. The summed E-state index contributed by atoms with van der Waals surface area (Å²) in [6, 6.07) is 16.5. The highest BCUT2D eigenvalue weighted by Gasteiger charge is 2.05. The van der Waals surface area contributed by atoms with Crippen LogP contribution in [0.1, 0.15) is 15.9 Å². The fraction of sp³-hybridized carbons (Fsp3) is 0.222. The van der Waals surface area contributed by atoms with Gasteiger partial charge in [0.05, 0.1) is 0 Å². The first-order valence-electron chi connectivity index (χ1n) is 7.44. The van der Waals surface area contributed by atoms with Crippen molar-refractivity contribution in [3.63, 3.8) is 0 Å². The third kappa shape index (κ3) is 5.82. The van der Waals surface area contributed by atoms with E-state index >= 15 is 0 Å². The van der Waals surface area contributed by atoms with Crippen LogP contribution in [-0.4, -0.2) is 31.5 Å². The van der Waals surface area contributed by atoms with E-state index in [1.54, 1.807) is 24.3 Å². The molecule has 120 valence electrons. The Hall–Kier alpha value is -2.82. The van der Waals surface area contributed by atoms with E-state index in [1.807, 2.05) is 37.3 Å². The number of hydrogen-bond acceptors (Lipinski definition) is 3. The van der Waals surface area contributed by atoms with Crippen molar-refractivity contribution in [2.75, 3.05) is 19.7 Å². The van der Waals surface area contributed by atoms with Crippen molar-refractivity contribution in [2.45, 2.75) is 6.92 Å². The van der Waals surface area contributed by atoms with Crippen LogP contribution in [0.5, 0.6) is 5.75 Å². The zero-order chi connectivity index (χ0) is 16.5. The number of ether oxygens (including phenoxy) is 1. The van der Waals surface area contributed by atoms with Gasteiger partial charge in [0.2, 0.25) is 0 Å². The maximum absolute atomic E-state index is 11.9. The predicted molar refractivity (Wildman–Crippen MR) is 88.5 cm³/mol. The van der Waals surface area contributed by atoms with Gasteiger partial charge in [-0.1, -0.05) is 35.9 Å².